The van der Waals surface area contributed by atoms with Gasteiger partial charge in [-0.3, -0.25) is 9.69 Å². The number of carbonyl (C=O) groups is 1. The molecule has 1 N–H and O–H groups in total. The zero-order chi connectivity index (χ0) is 22.5. The lowest BCUT2D eigenvalue weighted by atomic mass is 9.79. The number of hydrogen-bond acceptors (Lipinski definition) is 6. The van der Waals surface area contributed by atoms with Crippen molar-refractivity contribution in [2.45, 2.75) is 38.3 Å². The third-order valence-electron chi connectivity index (χ3n) is 7.51. The standard InChI is InChI=1S/C26H36N6O.3ClH/c33-25(31-12-14-32(15-13-31)26-27-10-5-11-28-26)9-4-8-24-23-16-22(17-29-24)19-30(20-23)18-21-6-2-1-3-7-21;;;/h1-3,5-7,10-11,22-24,29H,4,8-9,12-20H2;3*1H/t22-,23?,24+;;;/m0.../s1. The Labute approximate surface area is 233 Å². The number of likely N-dealkylation sites (tertiary alicyclic amines) is 1. The molecule has 2 aromatic rings. The summed E-state index contributed by atoms with van der Waals surface area (Å²) in [4.78, 5) is 28.3. The average molecular weight is 558 g/mol. The maximum Gasteiger partial charge on any atom is 0.225 e. The third-order valence-corrected chi connectivity index (χ3v) is 7.51. The van der Waals surface area contributed by atoms with Crippen molar-refractivity contribution in [3.05, 3.63) is 54.4 Å². The maximum absolute atomic E-state index is 12.8. The van der Waals surface area contributed by atoms with Crippen LogP contribution in [0.25, 0.3) is 0 Å². The van der Waals surface area contributed by atoms with Crippen LogP contribution in [0.4, 0.5) is 5.95 Å². The number of hydrogen-bond donors (Lipinski definition) is 1. The molecule has 1 unspecified atom stereocenters. The predicted molar refractivity (Wildman–Crippen MR) is 152 cm³/mol. The molecule has 5 rings (SSSR count). The quantitative estimate of drug-likeness (QED) is 0.560. The maximum atomic E-state index is 12.8. The van der Waals surface area contributed by atoms with E-state index in [2.05, 4.69) is 55.4 Å². The van der Waals surface area contributed by atoms with Crippen LogP contribution in [0.5, 0.6) is 0 Å². The molecule has 200 valence electrons. The Morgan fingerprint density at radius 2 is 1.67 bits per heavy atom. The van der Waals surface area contributed by atoms with Crippen LogP contribution in [0.15, 0.2) is 48.8 Å². The third kappa shape index (κ3) is 7.93. The summed E-state index contributed by atoms with van der Waals surface area (Å²) in [6.07, 6.45) is 7.60. The number of benzene rings is 1. The van der Waals surface area contributed by atoms with Gasteiger partial charge in [-0.2, -0.15) is 0 Å². The van der Waals surface area contributed by atoms with Crippen molar-refractivity contribution in [1.82, 2.24) is 25.1 Å². The minimum absolute atomic E-state index is 0. The molecule has 7 nitrogen and oxygen atoms in total. The van der Waals surface area contributed by atoms with E-state index in [1.54, 1.807) is 12.4 Å². The van der Waals surface area contributed by atoms with Gasteiger partial charge in [-0.05, 0) is 49.3 Å². The minimum Gasteiger partial charge on any atom is -0.339 e. The highest BCUT2D eigenvalue weighted by atomic mass is 35.5. The largest absolute Gasteiger partial charge is 0.339 e. The zero-order valence-corrected chi connectivity index (χ0v) is 23.2. The number of rotatable bonds is 7. The van der Waals surface area contributed by atoms with Gasteiger partial charge in [0.2, 0.25) is 11.9 Å². The van der Waals surface area contributed by atoms with Crippen LogP contribution in [-0.2, 0) is 11.3 Å². The fourth-order valence-electron chi connectivity index (χ4n) is 5.82. The summed E-state index contributed by atoms with van der Waals surface area (Å²) in [5.74, 6) is 2.52. The van der Waals surface area contributed by atoms with E-state index < -0.39 is 0 Å². The topological polar surface area (TPSA) is 64.6 Å². The van der Waals surface area contributed by atoms with E-state index in [0.717, 1.165) is 64.0 Å². The van der Waals surface area contributed by atoms with Crippen LogP contribution in [-0.4, -0.2) is 77.5 Å². The summed E-state index contributed by atoms with van der Waals surface area (Å²) in [5.41, 5.74) is 1.41. The van der Waals surface area contributed by atoms with E-state index in [-0.39, 0.29) is 37.2 Å². The molecule has 1 amide bonds. The van der Waals surface area contributed by atoms with Crippen molar-refractivity contribution in [2.24, 2.45) is 11.8 Å². The van der Waals surface area contributed by atoms with Crippen LogP contribution >= 0.6 is 37.2 Å². The fraction of sp³-hybridized carbons (Fsp3) is 0.577. The van der Waals surface area contributed by atoms with Crippen LogP contribution in [0, 0.1) is 11.8 Å². The average Bonchev–Trinajstić information content (AvgIpc) is 2.86. The molecule has 0 aliphatic carbocycles. The van der Waals surface area contributed by atoms with Gasteiger partial charge in [-0.15, -0.1) is 37.2 Å². The Hall–Kier alpha value is -1.64. The molecule has 0 radical (unpaired) electrons. The summed E-state index contributed by atoms with van der Waals surface area (Å²) in [5, 5.41) is 3.81. The Kier molecular flexibility index (Phi) is 12.7. The number of fused-ring (bicyclic) bond motifs is 2. The van der Waals surface area contributed by atoms with E-state index in [1.807, 2.05) is 11.0 Å². The Bertz CT molecular complexity index is 901. The molecule has 4 heterocycles. The molecule has 1 aromatic heterocycles. The number of nitrogens with one attached hydrogen (secondary N) is 1. The number of amides is 1. The van der Waals surface area contributed by atoms with Gasteiger partial charge < -0.3 is 15.1 Å². The number of piperazine rings is 1. The molecule has 3 aliphatic heterocycles. The highest BCUT2D eigenvalue weighted by Crippen LogP contribution is 2.31. The van der Waals surface area contributed by atoms with Crippen molar-refractivity contribution in [3.8, 4) is 0 Å². The monoisotopic (exact) mass is 556 g/mol. The molecule has 3 saturated heterocycles. The van der Waals surface area contributed by atoms with Crippen LogP contribution in [0.3, 0.4) is 0 Å². The van der Waals surface area contributed by atoms with Gasteiger partial charge in [-0.1, -0.05) is 30.3 Å². The zero-order valence-electron chi connectivity index (χ0n) is 20.7. The van der Waals surface area contributed by atoms with E-state index >= 15 is 0 Å². The molecular formula is C26H39Cl3N6O. The SMILES string of the molecule is Cl.Cl.Cl.O=C(CCC[C@H]1NC[C@@H]2CC1CN(Cc1ccccc1)C2)N1CCN(c2ncccn2)CC1. The van der Waals surface area contributed by atoms with E-state index in [1.165, 1.54) is 25.1 Å². The Morgan fingerprint density at radius 1 is 0.944 bits per heavy atom. The van der Waals surface area contributed by atoms with Crippen LogP contribution in [0.2, 0.25) is 0 Å². The first-order valence-electron chi connectivity index (χ1n) is 12.5. The predicted octanol–water partition coefficient (Wildman–Crippen LogP) is 3.67. The van der Waals surface area contributed by atoms with Gasteiger partial charge in [0.1, 0.15) is 0 Å². The van der Waals surface area contributed by atoms with Crippen molar-refractivity contribution < 1.29 is 4.79 Å². The second-order valence-electron chi connectivity index (χ2n) is 9.87. The van der Waals surface area contributed by atoms with Gasteiger partial charge in [-0.25, -0.2) is 9.97 Å². The Morgan fingerprint density at radius 3 is 2.39 bits per heavy atom. The first kappa shape index (κ1) is 30.6. The molecule has 3 atom stereocenters. The number of aromatic nitrogens is 2. The van der Waals surface area contributed by atoms with Gasteiger partial charge >= 0.3 is 0 Å². The molecule has 1 aromatic carbocycles. The van der Waals surface area contributed by atoms with Crippen molar-refractivity contribution in [1.29, 1.82) is 0 Å². The molecule has 36 heavy (non-hydrogen) atoms. The number of piperidine rings is 2. The van der Waals surface area contributed by atoms with E-state index in [0.29, 0.717) is 24.3 Å². The summed E-state index contributed by atoms with van der Waals surface area (Å²) in [7, 11) is 0. The van der Waals surface area contributed by atoms with E-state index in [4.69, 9.17) is 0 Å². The van der Waals surface area contributed by atoms with Gasteiger partial charge in [0, 0.05) is 70.7 Å². The highest BCUT2D eigenvalue weighted by molar-refractivity contribution is 5.86. The Balaban J connectivity index is 0.00000152. The van der Waals surface area contributed by atoms with Crippen molar-refractivity contribution in [3.63, 3.8) is 0 Å². The summed E-state index contributed by atoms with van der Waals surface area (Å²) >= 11 is 0. The molecular weight excluding hydrogens is 519 g/mol. The fourth-order valence-corrected chi connectivity index (χ4v) is 5.82. The molecule has 10 heteroatoms. The minimum atomic E-state index is 0. The molecule has 3 fully saturated rings. The highest BCUT2D eigenvalue weighted by Gasteiger charge is 2.36. The number of nitrogens with zero attached hydrogens (tertiary/aromatic N) is 5. The van der Waals surface area contributed by atoms with Crippen molar-refractivity contribution in [2.75, 3.05) is 50.7 Å². The second kappa shape index (κ2) is 14.9. The van der Waals surface area contributed by atoms with E-state index in [9.17, 15) is 4.79 Å². The molecule has 2 bridgehead atoms. The summed E-state index contributed by atoms with van der Waals surface area (Å²) in [6, 6.07) is 13.2. The lowest BCUT2D eigenvalue weighted by Crippen LogP contribution is -2.55. The number of halogens is 3. The summed E-state index contributed by atoms with van der Waals surface area (Å²) < 4.78 is 0. The molecule has 3 aliphatic rings. The lowest BCUT2D eigenvalue weighted by Gasteiger charge is -2.46. The second-order valence-corrected chi connectivity index (χ2v) is 9.87. The van der Waals surface area contributed by atoms with Gasteiger partial charge in [0.15, 0.2) is 0 Å². The van der Waals surface area contributed by atoms with Crippen LogP contribution in [0.1, 0.15) is 31.2 Å². The molecule has 0 spiro atoms. The smallest absolute Gasteiger partial charge is 0.225 e. The summed E-state index contributed by atoms with van der Waals surface area (Å²) in [6.45, 7) is 7.67. The van der Waals surface area contributed by atoms with Crippen LogP contribution < -0.4 is 10.2 Å². The first-order chi connectivity index (χ1) is 16.2. The number of anilines is 1. The lowest BCUT2D eigenvalue weighted by molar-refractivity contribution is -0.131. The molecule has 0 saturated carbocycles. The van der Waals surface area contributed by atoms with Crippen molar-refractivity contribution >= 4 is 49.1 Å². The van der Waals surface area contributed by atoms with Gasteiger partial charge in [0.25, 0.3) is 0 Å². The van der Waals surface area contributed by atoms with Gasteiger partial charge in [0.05, 0.1) is 0 Å². The normalized spacial score (nSPS) is 23.6. The number of carbonyl (C=O) groups excluding carboxylic acids is 1. The first-order valence-corrected chi connectivity index (χ1v) is 12.5.